The van der Waals surface area contributed by atoms with E-state index in [0.29, 0.717) is 24.2 Å². The van der Waals surface area contributed by atoms with E-state index in [4.69, 9.17) is 0 Å². The molecular formula is C30H36F3N5O5S. The molecule has 3 aliphatic rings. The second-order valence-corrected chi connectivity index (χ2v) is 12.7. The zero-order chi connectivity index (χ0) is 31.0. The van der Waals surface area contributed by atoms with Crippen molar-refractivity contribution in [2.45, 2.75) is 46.0 Å². The number of hydrogen-bond donors (Lipinski definition) is 2. The fourth-order valence-corrected chi connectivity index (χ4v) is 6.77. The number of nitrogens with zero attached hydrogens (tertiary/aromatic N) is 3. The number of carbonyl (C=O) groups excluding carboxylic acids is 2. The summed E-state index contributed by atoms with van der Waals surface area (Å²) in [6.45, 7) is 6.47. The third-order valence-corrected chi connectivity index (χ3v) is 9.45. The number of hydrogen-bond acceptors (Lipinski definition) is 7. The summed E-state index contributed by atoms with van der Waals surface area (Å²) in [4.78, 5) is 32.1. The smallest absolute Gasteiger partial charge is 0.406 e. The number of benzene rings is 2. The minimum Gasteiger partial charge on any atom is -0.406 e. The second-order valence-electron chi connectivity index (χ2n) is 10.8. The molecule has 2 aromatic carbocycles. The zero-order valence-electron chi connectivity index (χ0n) is 23.7. The Labute approximate surface area is 255 Å². The van der Waals surface area contributed by atoms with Crippen molar-refractivity contribution in [2.75, 3.05) is 39.3 Å². The lowest BCUT2D eigenvalue weighted by Gasteiger charge is -2.34. The van der Waals surface area contributed by atoms with Crippen LogP contribution in [0, 0.1) is 13.8 Å². The maximum absolute atomic E-state index is 13.2. The van der Waals surface area contributed by atoms with Crippen LogP contribution < -0.4 is 15.4 Å². The molecule has 0 aromatic heterocycles. The first-order valence-electron chi connectivity index (χ1n) is 13.8. The van der Waals surface area contributed by atoms with Gasteiger partial charge in [-0.3, -0.25) is 14.6 Å². The number of sulfonamides is 1. The highest BCUT2D eigenvalue weighted by Gasteiger charge is 2.47. The molecule has 0 radical (unpaired) electrons. The van der Waals surface area contributed by atoms with Gasteiger partial charge in [0.2, 0.25) is 10.0 Å². The van der Waals surface area contributed by atoms with E-state index < -0.39 is 33.6 Å². The minimum absolute atomic E-state index is 0. The van der Waals surface area contributed by atoms with Gasteiger partial charge >= 0.3 is 6.36 Å². The monoisotopic (exact) mass is 635 g/mol. The van der Waals surface area contributed by atoms with Gasteiger partial charge in [0, 0.05) is 55.8 Å². The summed E-state index contributed by atoms with van der Waals surface area (Å²) >= 11 is 0. The number of halogens is 3. The normalized spacial score (nSPS) is 19.1. The number of alkyl halides is 3. The third kappa shape index (κ3) is 7.13. The SMILES string of the molecule is C.Cc1cc(C(=O)N2CCNCC2)cc(C)c1/C=C/S(=O)(=O)N1CCC2(CC1)N=C(c1cccc(OC(F)(F)F)c1)NC2=O. The van der Waals surface area contributed by atoms with Gasteiger partial charge in [-0.25, -0.2) is 8.42 Å². The Morgan fingerprint density at radius 1 is 1.05 bits per heavy atom. The number of piperidine rings is 1. The Bertz CT molecular complexity index is 1570. The molecule has 44 heavy (non-hydrogen) atoms. The van der Waals surface area contributed by atoms with E-state index in [1.807, 2.05) is 13.8 Å². The molecule has 0 saturated carbocycles. The third-order valence-electron chi connectivity index (χ3n) is 7.88. The van der Waals surface area contributed by atoms with Crippen molar-refractivity contribution in [3.63, 3.8) is 0 Å². The van der Waals surface area contributed by atoms with Gasteiger partial charge in [-0.1, -0.05) is 19.6 Å². The summed E-state index contributed by atoms with van der Waals surface area (Å²) < 4.78 is 69.6. The van der Waals surface area contributed by atoms with Crippen LogP contribution in [-0.2, 0) is 14.8 Å². The van der Waals surface area contributed by atoms with Gasteiger partial charge < -0.3 is 20.3 Å². The molecule has 2 amide bonds. The Balaban J connectivity index is 0.00000442. The Hall–Kier alpha value is -3.75. The summed E-state index contributed by atoms with van der Waals surface area (Å²) in [6, 6.07) is 8.68. The van der Waals surface area contributed by atoms with E-state index in [1.165, 1.54) is 22.5 Å². The molecule has 3 aliphatic heterocycles. The number of carbonyl (C=O) groups is 2. The molecule has 2 aromatic rings. The molecule has 2 saturated heterocycles. The molecule has 0 bridgehead atoms. The summed E-state index contributed by atoms with van der Waals surface area (Å²) in [7, 11) is -3.84. The van der Waals surface area contributed by atoms with Gasteiger partial charge in [-0.05, 0) is 73.7 Å². The standard InChI is InChI=1S/C29H32F3N5O5S.CH4/c1-19-16-22(26(38)36-13-9-33-10-14-36)17-20(2)24(19)6-15-43(40,41)37-11-7-28(8-12-37)27(39)34-25(35-28)21-4-3-5-23(18-21)42-29(30,31)32;/h3-6,15-18,33H,7-14H2,1-2H3,(H,34,35,39);1H4/b15-6+;. The number of amides is 2. The first-order chi connectivity index (χ1) is 20.3. The lowest BCUT2D eigenvalue weighted by molar-refractivity contribution is -0.274. The quantitative estimate of drug-likeness (QED) is 0.501. The number of piperazine rings is 1. The van der Waals surface area contributed by atoms with Crippen molar-refractivity contribution < 1.29 is 35.9 Å². The average molecular weight is 636 g/mol. The highest BCUT2D eigenvalue weighted by Crippen LogP contribution is 2.33. The molecule has 2 N–H and O–H groups in total. The van der Waals surface area contributed by atoms with Crippen molar-refractivity contribution >= 4 is 33.7 Å². The molecule has 1 spiro atoms. The van der Waals surface area contributed by atoms with Gasteiger partial charge in [0.15, 0.2) is 0 Å². The fraction of sp³-hybridized carbons (Fsp3) is 0.433. The van der Waals surface area contributed by atoms with Crippen LogP contribution in [0.2, 0.25) is 0 Å². The Kier molecular flexibility index (Phi) is 9.57. The molecule has 0 unspecified atom stereocenters. The van der Waals surface area contributed by atoms with E-state index in [0.717, 1.165) is 41.8 Å². The maximum Gasteiger partial charge on any atom is 0.573 e. The van der Waals surface area contributed by atoms with Crippen molar-refractivity contribution in [3.8, 4) is 5.75 Å². The van der Waals surface area contributed by atoms with Crippen LogP contribution in [0.3, 0.4) is 0 Å². The molecule has 2 fully saturated rings. The van der Waals surface area contributed by atoms with Crippen LogP contribution in [0.4, 0.5) is 13.2 Å². The van der Waals surface area contributed by atoms with Crippen molar-refractivity contribution in [3.05, 3.63) is 69.6 Å². The van der Waals surface area contributed by atoms with E-state index in [-0.39, 0.29) is 50.7 Å². The fourth-order valence-electron chi connectivity index (χ4n) is 5.59. The summed E-state index contributed by atoms with van der Waals surface area (Å²) in [5.41, 5.74) is 1.85. The molecule has 10 nitrogen and oxygen atoms in total. The summed E-state index contributed by atoms with van der Waals surface area (Å²) in [5.74, 6) is -0.818. The Morgan fingerprint density at radius 3 is 2.30 bits per heavy atom. The predicted molar refractivity (Wildman–Crippen MR) is 161 cm³/mol. The van der Waals surface area contributed by atoms with Crippen LogP contribution in [0.25, 0.3) is 6.08 Å². The molecular weight excluding hydrogens is 599 g/mol. The van der Waals surface area contributed by atoms with Crippen molar-refractivity contribution in [1.82, 2.24) is 19.8 Å². The summed E-state index contributed by atoms with van der Waals surface area (Å²) in [5, 5.41) is 6.98. The zero-order valence-corrected chi connectivity index (χ0v) is 24.5. The topological polar surface area (TPSA) is 120 Å². The minimum atomic E-state index is -4.86. The van der Waals surface area contributed by atoms with E-state index in [9.17, 15) is 31.2 Å². The Morgan fingerprint density at radius 2 is 1.68 bits per heavy atom. The number of aryl methyl sites for hydroxylation is 2. The molecule has 0 aliphatic carbocycles. The van der Waals surface area contributed by atoms with Crippen LogP contribution >= 0.6 is 0 Å². The molecule has 0 atom stereocenters. The van der Waals surface area contributed by atoms with E-state index >= 15 is 0 Å². The van der Waals surface area contributed by atoms with Gasteiger partial charge in [0.25, 0.3) is 11.8 Å². The number of amidine groups is 1. The molecule has 238 valence electrons. The van der Waals surface area contributed by atoms with Crippen LogP contribution in [0.1, 0.15) is 52.9 Å². The first-order valence-corrected chi connectivity index (χ1v) is 15.3. The highest BCUT2D eigenvalue weighted by molar-refractivity contribution is 7.92. The summed E-state index contributed by atoms with van der Waals surface area (Å²) in [6.07, 6.45) is -3.12. The number of ether oxygens (including phenoxy) is 1. The maximum atomic E-state index is 13.2. The highest BCUT2D eigenvalue weighted by atomic mass is 32.2. The number of nitrogens with one attached hydrogen (secondary N) is 2. The lowest BCUT2D eigenvalue weighted by Crippen LogP contribution is -2.50. The van der Waals surface area contributed by atoms with Crippen molar-refractivity contribution in [1.29, 1.82) is 0 Å². The van der Waals surface area contributed by atoms with Crippen LogP contribution in [0.5, 0.6) is 5.75 Å². The number of rotatable bonds is 6. The first kappa shape index (κ1) is 33.1. The lowest BCUT2D eigenvalue weighted by atomic mass is 9.89. The van der Waals surface area contributed by atoms with Gasteiger partial charge in [-0.15, -0.1) is 13.2 Å². The predicted octanol–water partition coefficient (Wildman–Crippen LogP) is 3.60. The van der Waals surface area contributed by atoms with Crippen LogP contribution in [0.15, 0.2) is 46.8 Å². The number of aliphatic imine (C=N–C) groups is 1. The molecule has 14 heteroatoms. The van der Waals surface area contributed by atoms with E-state index in [2.05, 4.69) is 20.4 Å². The van der Waals surface area contributed by atoms with Gasteiger partial charge in [0.05, 0.1) is 0 Å². The molecule has 5 rings (SSSR count). The van der Waals surface area contributed by atoms with Crippen molar-refractivity contribution in [2.24, 2.45) is 4.99 Å². The van der Waals surface area contributed by atoms with Gasteiger partial charge in [-0.2, -0.15) is 4.31 Å². The van der Waals surface area contributed by atoms with E-state index in [1.54, 1.807) is 17.0 Å². The van der Waals surface area contributed by atoms with Crippen LogP contribution in [-0.4, -0.2) is 86.4 Å². The average Bonchev–Trinajstić information content (AvgIpc) is 3.27. The van der Waals surface area contributed by atoms with Gasteiger partial charge in [0.1, 0.15) is 17.1 Å². The largest absolute Gasteiger partial charge is 0.573 e. The molecule has 3 heterocycles. The second kappa shape index (κ2) is 12.7.